The van der Waals surface area contributed by atoms with E-state index < -0.39 is 17.9 Å². The van der Waals surface area contributed by atoms with Crippen molar-refractivity contribution >= 4 is 11.9 Å². The Bertz CT molecular complexity index is 488. The van der Waals surface area contributed by atoms with Crippen molar-refractivity contribution in [3.63, 3.8) is 0 Å². The first-order valence-corrected chi connectivity index (χ1v) is 6.58. The van der Waals surface area contributed by atoms with Crippen molar-refractivity contribution in [1.82, 2.24) is 5.32 Å². The van der Waals surface area contributed by atoms with E-state index in [0.29, 0.717) is 12.2 Å². The van der Waals surface area contributed by atoms with Gasteiger partial charge in [0, 0.05) is 0 Å². The fourth-order valence-electron chi connectivity index (χ4n) is 2.11. The summed E-state index contributed by atoms with van der Waals surface area (Å²) in [6.07, 6.45) is 0.337. The molecule has 0 fully saturated rings. The maximum atomic E-state index is 11.7. The van der Waals surface area contributed by atoms with Gasteiger partial charge >= 0.3 is 5.97 Å². The number of aryl methyl sites for hydroxylation is 3. The van der Waals surface area contributed by atoms with Crippen molar-refractivity contribution in [3.05, 3.63) is 28.8 Å². The van der Waals surface area contributed by atoms with E-state index in [1.165, 1.54) is 0 Å². The Labute approximate surface area is 118 Å². The lowest BCUT2D eigenvalue weighted by molar-refractivity contribution is -0.142. The van der Waals surface area contributed by atoms with E-state index in [2.05, 4.69) is 5.32 Å². The van der Waals surface area contributed by atoms with Crippen molar-refractivity contribution in [2.24, 2.45) is 0 Å². The Kier molecular flexibility index (Phi) is 5.55. The van der Waals surface area contributed by atoms with E-state index in [4.69, 9.17) is 9.84 Å². The number of rotatable bonds is 6. The largest absolute Gasteiger partial charge is 0.483 e. The first-order chi connectivity index (χ1) is 9.35. The van der Waals surface area contributed by atoms with E-state index in [-0.39, 0.29) is 6.61 Å². The Morgan fingerprint density at radius 1 is 1.25 bits per heavy atom. The summed E-state index contributed by atoms with van der Waals surface area (Å²) in [6, 6.07) is 3.09. The molecule has 1 aromatic rings. The van der Waals surface area contributed by atoms with Crippen LogP contribution in [0, 0.1) is 20.8 Å². The molecule has 2 N–H and O–H groups in total. The molecule has 110 valence electrons. The molecular weight excluding hydrogens is 258 g/mol. The minimum absolute atomic E-state index is 0.186. The van der Waals surface area contributed by atoms with Gasteiger partial charge in [-0.3, -0.25) is 4.79 Å². The fourth-order valence-corrected chi connectivity index (χ4v) is 2.11. The van der Waals surface area contributed by atoms with Crippen molar-refractivity contribution in [3.8, 4) is 5.75 Å². The molecule has 5 heteroatoms. The molecule has 1 aromatic carbocycles. The summed E-state index contributed by atoms with van der Waals surface area (Å²) in [5.74, 6) is -0.795. The molecule has 0 radical (unpaired) electrons. The number of hydrogen-bond donors (Lipinski definition) is 2. The average molecular weight is 279 g/mol. The van der Waals surface area contributed by atoms with Gasteiger partial charge in [0.25, 0.3) is 5.91 Å². The zero-order valence-corrected chi connectivity index (χ0v) is 12.3. The third kappa shape index (κ3) is 4.26. The third-order valence-corrected chi connectivity index (χ3v) is 2.99. The second kappa shape index (κ2) is 6.93. The Morgan fingerprint density at radius 3 is 2.25 bits per heavy atom. The van der Waals surface area contributed by atoms with Crippen LogP contribution in [0.4, 0.5) is 0 Å². The number of ether oxygens (including phenoxy) is 1. The summed E-state index contributed by atoms with van der Waals surface area (Å²) < 4.78 is 5.50. The molecule has 0 spiro atoms. The quantitative estimate of drug-likeness (QED) is 0.834. The minimum Gasteiger partial charge on any atom is -0.483 e. The fraction of sp³-hybridized carbons (Fsp3) is 0.467. The predicted molar refractivity (Wildman–Crippen MR) is 76.0 cm³/mol. The second-order valence-corrected chi connectivity index (χ2v) is 4.88. The highest BCUT2D eigenvalue weighted by atomic mass is 16.5. The summed E-state index contributed by atoms with van der Waals surface area (Å²) >= 11 is 0. The van der Waals surface area contributed by atoms with E-state index in [0.717, 1.165) is 16.7 Å². The van der Waals surface area contributed by atoms with Crippen LogP contribution in [0.15, 0.2) is 12.1 Å². The molecule has 0 saturated heterocycles. The normalized spacial score (nSPS) is 11.8. The van der Waals surface area contributed by atoms with Crippen molar-refractivity contribution in [1.29, 1.82) is 0 Å². The molecule has 1 atom stereocenters. The topological polar surface area (TPSA) is 75.6 Å². The van der Waals surface area contributed by atoms with Crippen LogP contribution in [0.5, 0.6) is 5.75 Å². The van der Waals surface area contributed by atoms with Gasteiger partial charge in [0.2, 0.25) is 0 Å². The lowest BCUT2D eigenvalue weighted by Crippen LogP contribution is -2.42. The maximum Gasteiger partial charge on any atom is 0.326 e. The lowest BCUT2D eigenvalue weighted by atomic mass is 10.1. The summed E-state index contributed by atoms with van der Waals surface area (Å²) in [5.41, 5.74) is 3.05. The number of nitrogens with one attached hydrogen (secondary N) is 1. The smallest absolute Gasteiger partial charge is 0.326 e. The Hall–Kier alpha value is -2.04. The molecule has 0 aromatic heterocycles. The number of hydrogen-bond acceptors (Lipinski definition) is 3. The molecule has 0 aliphatic heterocycles. The number of carbonyl (C=O) groups is 2. The molecule has 20 heavy (non-hydrogen) atoms. The van der Waals surface area contributed by atoms with Crippen LogP contribution in [0.25, 0.3) is 0 Å². The molecule has 0 heterocycles. The maximum absolute atomic E-state index is 11.7. The summed E-state index contributed by atoms with van der Waals surface area (Å²) in [6.45, 7) is 7.34. The monoisotopic (exact) mass is 279 g/mol. The molecule has 0 aliphatic carbocycles. The minimum atomic E-state index is -1.04. The third-order valence-electron chi connectivity index (χ3n) is 2.99. The van der Waals surface area contributed by atoms with E-state index in [9.17, 15) is 9.59 Å². The zero-order chi connectivity index (χ0) is 15.3. The van der Waals surface area contributed by atoms with E-state index >= 15 is 0 Å². The van der Waals surface area contributed by atoms with Gasteiger partial charge < -0.3 is 15.2 Å². The molecule has 0 aliphatic rings. The van der Waals surface area contributed by atoms with E-state index in [1.54, 1.807) is 6.92 Å². The van der Waals surface area contributed by atoms with Gasteiger partial charge in [-0.2, -0.15) is 0 Å². The molecule has 0 unspecified atom stereocenters. The molecule has 1 amide bonds. The van der Waals surface area contributed by atoms with Gasteiger partial charge in [-0.15, -0.1) is 0 Å². The van der Waals surface area contributed by atoms with Crippen LogP contribution < -0.4 is 10.1 Å². The van der Waals surface area contributed by atoms with Crippen LogP contribution in [-0.4, -0.2) is 29.6 Å². The molecule has 0 saturated carbocycles. The predicted octanol–water partition coefficient (Wildman–Crippen LogP) is 1.97. The number of carboxylic acids is 1. The molecule has 1 rings (SSSR count). The van der Waals surface area contributed by atoms with Crippen LogP contribution in [0.3, 0.4) is 0 Å². The van der Waals surface area contributed by atoms with Gasteiger partial charge in [-0.25, -0.2) is 4.79 Å². The van der Waals surface area contributed by atoms with Crippen molar-refractivity contribution < 1.29 is 19.4 Å². The van der Waals surface area contributed by atoms with Gasteiger partial charge in [0.15, 0.2) is 6.61 Å². The summed E-state index contributed by atoms with van der Waals surface area (Å²) in [5, 5.41) is 11.3. The van der Waals surface area contributed by atoms with Crippen molar-refractivity contribution in [2.45, 2.75) is 40.2 Å². The Morgan fingerprint density at radius 2 is 1.80 bits per heavy atom. The number of aliphatic carboxylic acids is 1. The highest BCUT2D eigenvalue weighted by Crippen LogP contribution is 2.24. The SMILES string of the molecule is CC[C@@H](NC(=O)COc1c(C)cc(C)cc1C)C(=O)O. The number of benzene rings is 1. The second-order valence-electron chi connectivity index (χ2n) is 4.88. The summed E-state index contributed by atoms with van der Waals surface area (Å²) in [7, 11) is 0. The molecular formula is C15H21NO4. The van der Waals surface area contributed by atoms with Gasteiger partial charge in [0.05, 0.1) is 0 Å². The van der Waals surface area contributed by atoms with Gasteiger partial charge in [0.1, 0.15) is 11.8 Å². The zero-order valence-electron chi connectivity index (χ0n) is 12.3. The van der Waals surface area contributed by atoms with Crippen LogP contribution >= 0.6 is 0 Å². The van der Waals surface area contributed by atoms with Crippen molar-refractivity contribution in [2.75, 3.05) is 6.61 Å². The van der Waals surface area contributed by atoms with Crippen LogP contribution in [0.1, 0.15) is 30.0 Å². The number of amides is 1. The first kappa shape index (κ1) is 16.0. The van der Waals surface area contributed by atoms with Gasteiger partial charge in [-0.1, -0.05) is 24.6 Å². The highest BCUT2D eigenvalue weighted by molar-refractivity contribution is 5.84. The van der Waals surface area contributed by atoms with Gasteiger partial charge in [-0.05, 0) is 38.3 Å². The Balaban J connectivity index is 2.64. The lowest BCUT2D eigenvalue weighted by Gasteiger charge is -2.15. The number of carboxylic acid groups (broad SMARTS) is 1. The van der Waals surface area contributed by atoms with E-state index in [1.807, 2.05) is 32.9 Å². The van der Waals surface area contributed by atoms with Crippen LogP contribution in [-0.2, 0) is 9.59 Å². The average Bonchev–Trinajstić information content (AvgIpc) is 2.34. The highest BCUT2D eigenvalue weighted by Gasteiger charge is 2.18. The van der Waals surface area contributed by atoms with Crippen LogP contribution in [0.2, 0.25) is 0 Å². The molecule has 5 nitrogen and oxygen atoms in total. The summed E-state index contributed by atoms with van der Waals surface area (Å²) in [4.78, 5) is 22.5. The molecule has 0 bridgehead atoms. The standard InChI is InChI=1S/C15H21NO4/c1-5-12(15(18)19)16-13(17)8-20-14-10(3)6-9(2)7-11(14)4/h6-7,12H,5,8H2,1-4H3,(H,16,17)(H,18,19)/t12-/m1/s1. The first-order valence-electron chi connectivity index (χ1n) is 6.58. The number of carbonyl (C=O) groups excluding carboxylic acids is 1.